The van der Waals surface area contributed by atoms with Crippen LogP contribution in [0.4, 0.5) is 0 Å². The van der Waals surface area contributed by atoms with Gasteiger partial charge in [0.05, 0.1) is 17.3 Å². The van der Waals surface area contributed by atoms with Crippen molar-refractivity contribution in [1.29, 1.82) is 0 Å². The molecule has 6 heteroatoms. The Kier molecular flexibility index (Phi) is 3.14. The van der Waals surface area contributed by atoms with E-state index in [0.29, 0.717) is 18.0 Å². The Morgan fingerprint density at radius 2 is 2.41 bits per heavy atom. The molecule has 1 amide bonds. The summed E-state index contributed by atoms with van der Waals surface area (Å²) in [5, 5.41) is 10.8. The molecular weight excluding hydrogens is 278 g/mol. The van der Waals surface area contributed by atoms with Crippen molar-refractivity contribution in [2.75, 3.05) is 6.54 Å². The zero-order chi connectivity index (χ0) is 14.9. The van der Waals surface area contributed by atoms with Gasteiger partial charge in [-0.15, -0.1) is 0 Å². The second kappa shape index (κ2) is 5.29. The highest BCUT2D eigenvalue weighted by Crippen LogP contribution is 2.19. The van der Waals surface area contributed by atoms with Crippen molar-refractivity contribution in [2.24, 2.45) is 5.92 Å². The van der Waals surface area contributed by atoms with Gasteiger partial charge in [-0.2, -0.15) is 5.10 Å². The van der Waals surface area contributed by atoms with Crippen molar-refractivity contribution >= 4 is 16.8 Å². The average Bonchev–Trinajstić information content (AvgIpc) is 3.20. The summed E-state index contributed by atoms with van der Waals surface area (Å²) in [4.78, 5) is 16.8. The van der Waals surface area contributed by atoms with Gasteiger partial charge in [-0.1, -0.05) is 6.07 Å². The first-order valence-electron chi connectivity index (χ1n) is 7.51. The fraction of sp³-hybridized carbons (Fsp3) is 0.312. The Bertz CT molecular complexity index is 819. The molecule has 6 nitrogen and oxygen atoms in total. The molecule has 3 heterocycles. The number of amides is 1. The van der Waals surface area contributed by atoms with Crippen molar-refractivity contribution in [2.45, 2.75) is 19.4 Å². The fourth-order valence-corrected chi connectivity index (χ4v) is 3.09. The molecule has 2 N–H and O–H groups in total. The lowest BCUT2D eigenvalue weighted by Crippen LogP contribution is -2.33. The molecular formula is C16H17N5O. The first kappa shape index (κ1) is 13.1. The zero-order valence-corrected chi connectivity index (χ0v) is 12.1. The minimum Gasteiger partial charge on any atom is -0.352 e. The van der Waals surface area contributed by atoms with Crippen molar-refractivity contribution in [3.05, 3.63) is 48.2 Å². The lowest BCUT2D eigenvalue weighted by Gasteiger charge is -2.23. The Balaban J connectivity index is 1.44. The van der Waals surface area contributed by atoms with Crippen molar-refractivity contribution in [3.63, 3.8) is 0 Å². The number of aryl methyl sites for hydroxylation is 1. The van der Waals surface area contributed by atoms with Gasteiger partial charge in [0.1, 0.15) is 5.82 Å². The lowest BCUT2D eigenvalue weighted by atomic mass is 9.97. The van der Waals surface area contributed by atoms with Gasteiger partial charge in [-0.05, 0) is 24.5 Å². The summed E-state index contributed by atoms with van der Waals surface area (Å²) in [5.74, 6) is 1.52. The summed E-state index contributed by atoms with van der Waals surface area (Å²) in [7, 11) is 0. The van der Waals surface area contributed by atoms with E-state index in [9.17, 15) is 4.79 Å². The molecule has 0 saturated carbocycles. The topological polar surface area (TPSA) is 75.6 Å². The first-order valence-corrected chi connectivity index (χ1v) is 7.51. The van der Waals surface area contributed by atoms with Crippen molar-refractivity contribution in [3.8, 4) is 0 Å². The molecule has 22 heavy (non-hydrogen) atoms. The fourth-order valence-electron chi connectivity index (χ4n) is 3.09. The van der Waals surface area contributed by atoms with Crippen LogP contribution in [0.3, 0.4) is 0 Å². The number of aromatic amines is 1. The van der Waals surface area contributed by atoms with Gasteiger partial charge in [0.25, 0.3) is 5.91 Å². The second-order valence-electron chi connectivity index (χ2n) is 5.74. The van der Waals surface area contributed by atoms with Crippen LogP contribution in [0.25, 0.3) is 10.9 Å². The number of nitrogens with one attached hydrogen (secondary N) is 2. The molecule has 1 aliphatic heterocycles. The maximum atomic E-state index is 12.4. The third-order valence-corrected chi connectivity index (χ3v) is 4.33. The highest BCUT2D eigenvalue weighted by Gasteiger charge is 2.20. The van der Waals surface area contributed by atoms with Gasteiger partial charge < -0.3 is 9.88 Å². The molecule has 0 spiro atoms. The van der Waals surface area contributed by atoms with Gasteiger partial charge in [-0.3, -0.25) is 9.89 Å². The Labute approximate surface area is 127 Å². The molecule has 4 rings (SSSR count). The maximum absolute atomic E-state index is 12.4. The second-order valence-corrected chi connectivity index (χ2v) is 5.74. The van der Waals surface area contributed by atoms with Gasteiger partial charge in [0.2, 0.25) is 0 Å². The number of hydrogen-bond acceptors (Lipinski definition) is 3. The normalized spacial score (nSPS) is 17.4. The van der Waals surface area contributed by atoms with E-state index in [1.54, 1.807) is 6.20 Å². The van der Waals surface area contributed by atoms with Crippen LogP contribution in [-0.4, -0.2) is 32.2 Å². The van der Waals surface area contributed by atoms with E-state index in [-0.39, 0.29) is 5.91 Å². The number of rotatable bonds is 3. The molecule has 1 aromatic carbocycles. The molecule has 1 aliphatic rings. The smallest absolute Gasteiger partial charge is 0.252 e. The summed E-state index contributed by atoms with van der Waals surface area (Å²) < 4.78 is 2.19. The Hall–Kier alpha value is -2.63. The molecule has 0 bridgehead atoms. The van der Waals surface area contributed by atoms with E-state index in [0.717, 1.165) is 36.1 Å². The van der Waals surface area contributed by atoms with Gasteiger partial charge >= 0.3 is 0 Å². The first-order chi connectivity index (χ1) is 10.8. The quantitative estimate of drug-likeness (QED) is 0.773. The van der Waals surface area contributed by atoms with Gasteiger partial charge in [0.15, 0.2) is 0 Å². The van der Waals surface area contributed by atoms with Crippen LogP contribution in [0.2, 0.25) is 0 Å². The van der Waals surface area contributed by atoms with E-state index in [1.165, 1.54) is 0 Å². The Morgan fingerprint density at radius 1 is 1.45 bits per heavy atom. The summed E-state index contributed by atoms with van der Waals surface area (Å²) in [6.45, 7) is 1.66. The zero-order valence-electron chi connectivity index (χ0n) is 12.1. The Morgan fingerprint density at radius 3 is 3.36 bits per heavy atom. The van der Waals surface area contributed by atoms with E-state index in [4.69, 9.17) is 0 Å². The highest BCUT2D eigenvalue weighted by molar-refractivity contribution is 6.06. The van der Waals surface area contributed by atoms with Crippen LogP contribution in [0, 0.1) is 5.92 Å². The highest BCUT2D eigenvalue weighted by atomic mass is 16.1. The third kappa shape index (κ3) is 2.26. The van der Waals surface area contributed by atoms with Gasteiger partial charge in [0, 0.05) is 37.3 Å². The minimum absolute atomic E-state index is 0.0408. The standard InChI is InChI=1S/C16H17N5O/c22-16(12-2-1-3-14-13(12)10-19-20-14)18-9-11-4-6-21-7-5-17-15(21)8-11/h1-3,5,7,10-11H,4,6,8-9H2,(H,18,22)(H,19,20). The number of benzene rings is 1. The van der Waals surface area contributed by atoms with Crippen LogP contribution < -0.4 is 5.32 Å². The van der Waals surface area contributed by atoms with Crippen LogP contribution >= 0.6 is 0 Å². The average molecular weight is 295 g/mol. The number of aromatic nitrogens is 4. The summed E-state index contributed by atoms with van der Waals surface area (Å²) in [5.41, 5.74) is 1.55. The molecule has 0 aliphatic carbocycles. The number of imidazole rings is 1. The van der Waals surface area contributed by atoms with Crippen LogP contribution in [0.15, 0.2) is 36.8 Å². The van der Waals surface area contributed by atoms with E-state index >= 15 is 0 Å². The van der Waals surface area contributed by atoms with E-state index in [1.807, 2.05) is 30.6 Å². The molecule has 0 fully saturated rings. The molecule has 112 valence electrons. The van der Waals surface area contributed by atoms with E-state index < -0.39 is 0 Å². The van der Waals surface area contributed by atoms with Crippen LogP contribution in [0.1, 0.15) is 22.6 Å². The number of H-pyrrole nitrogens is 1. The lowest BCUT2D eigenvalue weighted by molar-refractivity contribution is 0.0946. The largest absolute Gasteiger partial charge is 0.352 e. The molecule has 0 radical (unpaired) electrons. The number of carbonyl (C=O) groups excluding carboxylic acids is 1. The number of carbonyl (C=O) groups is 1. The SMILES string of the molecule is O=C(NCC1CCn2ccnc2C1)c1cccc2[nH]ncc12. The van der Waals surface area contributed by atoms with E-state index in [2.05, 4.69) is 25.1 Å². The third-order valence-electron chi connectivity index (χ3n) is 4.33. The predicted molar refractivity (Wildman–Crippen MR) is 82.5 cm³/mol. The number of hydrogen-bond donors (Lipinski definition) is 2. The monoisotopic (exact) mass is 295 g/mol. The molecule has 0 saturated heterocycles. The summed E-state index contributed by atoms with van der Waals surface area (Å²) in [6, 6.07) is 5.62. The van der Waals surface area contributed by atoms with Crippen LogP contribution in [0.5, 0.6) is 0 Å². The molecule has 3 aromatic rings. The molecule has 1 unspecified atom stereocenters. The summed E-state index contributed by atoms with van der Waals surface area (Å²) >= 11 is 0. The van der Waals surface area contributed by atoms with Crippen LogP contribution in [-0.2, 0) is 13.0 Å². The number of nitrogens with zero attached hydrogens (tertiary/aromatic N) is 3. The summed E-state index contributed by atoms with van der Waals surface area (Å²) in [6.07, 6.45) is 7.55. The molecule has 1 atom stereocenters. The number of fused-ring (bicyclic) bond motifs is 2. The van der Waals surface area contributed by atoms with Gasteiger partial charge in [-0.25, -0.2) is 4.98 Å². The predicted octanol–water partition coefficient (Wildman–Crippen LogP) is 1.75. The maximum Gasteiger partial charge on any atom is 0.252 e. The molecule has 2 aromatic heterocycles. The minimum atomic E-state index is -0.0408. The van der Waals surface area contributed by atoms with Crippen molar-refractivity contribution < 1.29 is 4.79 Å². The van der Waals surface area contributed by atoms with Crippen molar-refractivity contribution in [1.82, 2.24) is 25.1 Å².